The molecule has 7 heterocycles. The lowest BCUT2D eigenvalue weighted by Gasteiger charge is -2.35. The number of halogens is 2. The van der Waals surface area contributed by atoms with Crippen LogP contribution in [0.5, 0.6) is 0 Å². The fourth-order valence-corrected chi connectivity index (χ4v) is 17.8. The summed E-state index contributed by atoms with van der Waals surface area (Å²) < 4.78 is 18.3. The Morgan fingerprint density at radius 3 is 0.965 bits per heavy atom. The van der Waals surface area contributed by atoms with Crippen LogP contribution in [-0.2, 0) is 25.5 Å². The van der Waals surface area contributed by atoms with Gasteiger partial charge in [0.15, 0.2) is 5.60 Å². The molecule has 780 valence electrons. The number of hydrogen-bond donors (Lipinski definition) is 6. The van der Waals surface area contributed by atoms with Crippen molar-refractivity contribution < 1.29 is 63.1 Å². The summed E-state index contributed by atoms with van der Waals surface area (Å²) in [5, 5.41) is 40.3. The van der Waals surface area contributed by atoms with Crippen molar-refractivity contribution in [3.8, 4) is 17.1 Å². The molecule has 7 fully saturated rings. The molecule has 3 aromatic heterocycles. The van der Waals surface area contributed by atoms with E-state index in [9.17, 15) is 43.5 Å². The standard InChI is InChI=1S/C25H29N3O3.C24H25N3O3.C20H21N3O.C16H21BrN2O3.C10H10.C8H18N2.C4H6O3.4C2H6.CH4.ClH/c1-18-17-20-7-5-6-8-22(20)28(18)21-11-9-19(10-12-21)23(29)26-13-15-27(16-14-26)24(30)31-25(2,3)4;1-17-16-19-4-2-3-5-21(19)27(17)20-8-6-18(7-9-20)22(28)25-12-14-26(15-13-25)23(29)24(30)10-11-24;1-15-14-17-4-2-3-5-19(17)23(15)18-8-6-16(7-9-18)20(24)22-12-10-21-11-13-22;1-16(2,3)22-15(21)19-10-8-18(9-11-19)14(20)12-4-6-13(17)7-5-12;1-8-6-9-4-2-3-5-10(9)7-8;1-9-7-5-3-4-6-8(7)10-2;5-3(6)4(7)1-2-4;4*1-2;;/h5-12,17H,13-16H2,1-4H3;2-9,16,30H,10-15H2,1H3;2-9,14,21H,10-13H2,1H3;4-7H,8-11H2,1-3H3;2-6H,7H2,1H3;7-10H,3-6H2,1-2H3;7H,1-2H2,(H,5,6);4*1-2H3;1H4;1H/t;;;;;7-,8-;;;;;;;/m.....1......./s1. The highest BCUT2D eigenvalue weighted by atomic mass is 79.9. The van der Waals surface area contributed by atoms with Gasteiger partial charge in [-0.1, -0.05) is 182 Å². The molecule has 0 radical (unpaired) electrons. The van der Waals surface area contributed by atoms with Crippen LogP contribution >= 0.6 is 28.3 Å². The van der Waals surface area contributed by atoms with Crippen molar-refractivity contribution in [2.75, 3.05) is 119 Å². The third-order valence-corrected chi connectivity index (χ3v) is 25.8. The van der Waals surface area contributed by atoms with Crippen molar-refractivity contribution in [1.82, 2.24) is 64.0 Å². The van der Waals surface area contributed by atoms with Crippen molar-refractivity contribution in [3.63, 3.8) is 0 Å². The highest BCUT2D eigenvalue weighted by Crippen LogP contribution is 2.38. The number of carboxylic acids is 1. The Balaban J connectivity index is 0.000000234. The molecular formula is C116H159BrClN13O13. The van der Waals surface area contributed by atoms with E-state index in [1.807, 2.05) is 211 Å². The molecule has 4 aliphatic carbocycles. The van der Waals surface area contributed by atoms with E-state index in [-0.39, 0.29) is 61.6 Å². The number of nitrogens with one attached hydrogen (secondary N) is 3. The lowest BCUT2D eigenvalue weighted by molar-refractivity contribution is -0.149. The highest BCUT2D eigenvalue weighted by Gasteiger charge is 2.51. The first-order valence-corrected chi connectivity index (χ1v) is 51.6. The molecule has 28 heteroatoms. The Labute approximate surface area is 869 Å². The van der Waals surface area contributed by atoms with E-state index >= 15 is 0 Å². The number of carbonyl (C=O) groups is 8. The minimum Gasteiger partial charge on any atom is -0.479 e. The second-order valence-corrected chi connectivity index (χ2v) is 38.6. The number of aliphatic carboxylic acids is 1. The van der Waals surface area contributed by atoms with Crippen molar-refractivity contribution in [2.45, 2.75) is 224 Å². The Hall–Kier alpha value is -12.0. The Kier molecular flexibility index (Phi) is 46.7. The predicted octanol–water partition coefficient (Wildman–Crippen LogP) is 21.6. The number of carbonyl (C=O) groups excluding carboxylic acids is 7. The number of piperazine rings is 4. The van der Waals surface area contributed by atoms with Crippen molar-refractivity contribution in [2.24, 2.45) is 0 Å². The van der Waals surface area contributed by atoms with Crippen LogP contribution in [0.4, 0.5) is 9.59 Å². The number of carboxylic acid groups (broad SMARTS) is 1. The molecule has 4 aliphatic heterocycles. The maximum Gasteiger partial charge on any atom is 0.410 e. The number of fused-ring (bicyclic) bond motifs is 4. The average Bonchev–Trinajstić information content (AvgIpc) is 1.63. The van der Waals surface area contributed by atoms with Crippen LogP contribution in [0.2, 0.25) is 0 Å². The molecule has 4 saturated heterocycles. The summed E-state index contributed by atoms with van der Waals surface area (Å²) in [6, 6.07) is 72.1. The van der Waals surface area contributed by atoms with Gasteiger partial charge in [-0.2, -0.15) is 0 Å². The molecule has 7 amide bonds. The zero-order chi connectivity index (χ0) is 104. The van der Waals surface area contributed by atoms with Gasteiger partial charge in [-0.25, -0.2) is 14.4 Å². The number of ether oxygens (including phenoxy) is 2. The third-order valence-electron chi connectivity index (χ3n) is 25.3. The Morgan fingerprint density at radius 1 is 0.389 bits per heavy atom. The normalized spacial score (nSPS) is 16.5. The molecule has 2 atom stereocenters. The van der Waals surface area contributed by atoms with E-state index in [4.69, 9.17) is 19.7 Å². The maximum atomic E-state index is 13.0. The summed E-state index contributed by atoms with van der Waals surface area (Å²) in [6.45, 7) is 44.8. The molecule has 0 unspecified atom stereocenters. The number of nitrogens with zero attached hydrogens (tertiary/aromatic N) is 10. The van der Waals surface area contributed by atoms with Crippen LogP contribution in [0.3, 0.4) is 0 Å². The quantitative estimate of drug-likeness (QED) is 0.0701. The molecule has 11 aromatic rings. The van der Waals surface area contributed by atoms with E-state index in [0.29, 0.717) is 133 Å². The van der Waals surface area contributed by atoms with Gasteiger partial charge in [-0.3, -0.25) is 24.0 Å². The molecule has 6 N–H and O–H groups in total. The summed E-state index contributed by atoms with van der Waals surface area (Å²) in [7, 11) is 4.11. The molecule has 8 aromatic carbocycles. The van der Waals surface area contributed by atoms with E-state index in [2.05, 4.69) is 184 Å². The highest BCUT2D eigenvalue weighted by molar-refractivity contribution is 9.10. The molecule has 19 rings (SSSR count). The topological polar surface area (TPSA) is 289 Å². The molecule has 0 spiro atoms. The first-order valence-electron chi connectivity index (χ1n) is 50.8. The number of para-hydroxylation sites is 3. The summed E-state index contributed by atoms with van der Waals surface area (Å²) in [4.78, 5) is 109. The summed E-state index contributed by atoms with van der Waals surface area (Å²) in [5.74, 6) is -1.19. The minimum absolute atomic E-state index is 0. The largest absolute Gasteiger partial charge is 0.479 e. The average molecular weight is 2060 g/mol. The predicted molar refractivity (Wildman–Crippen MR) is 590 cm³/mol. The van der Waals surface area contributed by atoms with Crippen LogP contribution in [-0.4, -0.2) is 264 Å². The summed E-state index contributed by atoms with van der Waals surface area (Å²) in [6.07, 6.45) is 10.2. The number of hydrogen-bond acceptors (Lipinski definition) is 15. The zero-order valence-electron chi connectivity index (χ0n) is 87.8. The molecule has 3 saturated carbocycles. The number of benzene rings is 8. The van der Waals surface area contributed by atoms with Gasteiger partial charge in [0.2, 0.25) is 0 Å². The van der Waals surface area contributed by atoms with Crippen molar-refractivity contribution in [3.05, 3.63) is 273 Å². The van der Waals surface area contributed by atoms with Crippen molar-refractivity contribution >= 4 is 115 Å². The first-order chi connectivity index (χ1) is 68.1. The van der Waals surface area contributed by atoms with Crippen LogP contribution < -0.4 is 16.0 Å². The van der Waals surface area contributed by atoms with E-state index in [0.717, 1.165) is 82.1 Å². The molecule has 26 nitrogen and oxygen atoms in total. The maximum absolute atomic E-state index is 13.0. The molecule has 144 heavy (non-hydrogen) atoms. The Bertz CT molecular complexity index is 5950. The molecule has 8 aliphatic rings. The van der Waals surface area contributed by atoms with E-state index < -0.39 is 28.4 Å². The number of aromatic nitrogens is 3. The smallest absolute Gasteiger partial charge is 0.410 e. The number of likely N-dealkylation sites (N-methyl/N-ethyl adjacent to an activating group) is 2. The second-order valence-electron chi connectivity index (χ2n) is 37.6. The third kappa shape index (κ3) is 32.8. The second kappa shape index (κ2) is 56.5. The van der Waals surface area contributed by atoms with Crippen LogP contribution in [0, 0.1) is 20.8 Å². The van der Waals surface area contributed by atoms with Crippen LogP contribution in [0.15, 0.2) is 222 Å². The number of rotatable bonds is 11. The van der Waals surface area contributed by atoms with Gasteiger partial charge in [0, 0.05) is 194 Å². The van der Waals surface area contributed by atoms with Gasteiger partial charge in [0.1, 0.15) is 16.8 Å². The van der Waals surface area contributed by atoms with Gasteiger partial charge in [0.05, 0.1) is 16.6 Å². The zero-order valence-corrected chi connectivity index (χ0v) is 90.2. The van der Waals surface area contributed by atoms with Gasteiger partial charge in [-0.05, 0) is 273 Å². The fourth-order valence-electron chi connectivity index (χ4n) is 17.5. The van der Waals surface area contributed by atoms with Gasteiger partial charge < -0.3 is 88.7 Å². The first kappa shape index (κ1) is 119. The lowest BCUT2D eigenvalue weighted by Crippen LogP contribution is -2.53. The number of aliphatic hydroxyl groups is 2. The molecule has 0 bridgehead atoms. The van der Waals surface area contributed by atoms with Gasteiger partial charge in [-0.15, -0.1) is 12.4 Å². The SMILES string of the molecule is C.CC.CC.CC.CC.CC(C)(C)OC(=O)N1CCN(C(=O)c2ccc(Br)cc2)CC1.CC1=Cc2ccccc2C1.CN[C@@H]1CCCC[C@H]1NC.Cc1cc2ccccc2n1-c1ccc(C(=O)N2CCN(C(=O)C3(O)CC3)CC2)cc1.Cc1cc2ccccc2n1-c1ccc(C(=O)N2CCN(C(=O)OC(C)(C)C)CC2)cc1.Cc1cc2ccccc2n1-c1ccc(C(=O)N2CCNCC2)cc1.Cl.O=C(O)C1(O)CC1. The van der Waals surface area contributed by atoms with E-state index in [1.165, 1.54) is 69.8 Å². The number of amides is 7. The monoisotopic (exact) mass is 2060 g/mol. The van der Waals surface area contributed by atoms with Crippen LogP contribution in [0.1, 0.15) is 232 Å². The van der Waals surface area contributed by atoms with Gasteiger partial charge >= 0.3 is 18.2 Å². The summed E-state index contributed by atoms with van der Waals surface area (Å²) in [5.41, 5.74) is 13.7. The van der Waals surface area contributed by atoms with E-state index in [1.54, 1.807) is 41.5 Å². The number of allylic oxidation sites excluding steroid dienone is 1. The Morgan fingerprint density at radius 2 is 0.674 bits per heavy atom. The summed E-state index contributed by atoms with van der Waals surface area (Å²) >= 11 is 3.36. The lowest BCUT2D eigenvalue weighted by atomic mass is 9.91. The van der Waals surface area contributed by atoms with Gasteiger partial charge in [0.25, 0.3) is 29.5 Å². The van der Waals surface area contributed by atoms with Crippen molar-refractivity contribution in [1.29, 1.82) is 0 Å². The van der Waals surface area contributed by atoms with Crippen LogP contribution in [0.25, 0.3) is 55.8 Å². The fraction of sp³-hybridized carbons (Fsp3) is 0.448. The molecular weight excluding hydrogens is 1900 g/mol. The number of aryl methyl sites for hydroxylation is 3. The minimum atomic E-state index is -1.33.